The number of benzene rings is 2. The van der Waals surface area contributed by atoms with Gasteiger partial charge in [0.25, 0.3) is 5.91 Å². The van der Waals surface area contributed by atoms with Crippen molar-refractivity contribution in [1.82, 2.24) is 15.2 Å². The summed E-state index contributed by atoms with van der Waals surface area (Å²) in [7, 11) is 0. The molecule has 1 amide bonds. The highest BCUT2D eigenvalue weighted by atomic mass is 35.5. The van der Waals surface area contributed by atoms with Crippen LogP contribution in [0.25, 0.3) is 22.2 Å². The number of aromatic amines is 1. The maximum absolute atomic E-state index is 12.3. The Balaban J connectivity index is 0.00000192. The number of phenols is 1. The summed E-state index contributed by atoms with van der Waals surface area (Å²) in [6, 6.07) is 12.1. The van der Waals surface area contributed by atoms with E-state index in [-0.39, 0.29) is 24.1 Å². The number of hydrogen-bond acceptors (Lipinski definition) is 3. The lowest BCUT2D eigenvalue weighted by atomic mass is 9.99. The number of aromatic nitrogens is 1. The zero-order valence-corrected chi connectivity index (χ0v) is 16.4. The molecule has 2 aliphatic rings. The van der Waals surface area contributed by atoms with Crippen molar-refractivity contribution < 1.29 is 9.90 Å². The lowest BCUT2D eigenvalue weighted by Gasteiger charge is -2.26. The first kappa shape index (κ1) is 18.8. The van der Waals surface area contributed by atoms with Crippen molar-refractivity contribution in [1.29, 1.82) is 0 Å². The molecule has 146 valence electrons. The van der Waals surface area contributed by atoms with Gasteiger partial charge in [-0.2, -0.15) is 0 Å². The van der Waals surface area contributed by atoms with Crippen LogP contribution in [-0.2, 0) is 13.1 Å². The van der Waals surface area contributed by atoms with Crippen LogP contribution in [0.3, 0.4) is 0 Å². The maximum Gasteiger partial charge on any atom is 0.252 e. The molecule has 28 heavy (non-hydrogen) atoms. The summed E-state index contributed by atoms with van der Waals surface area (Å²) in [5.41, 5.74) is 5.40. The van der Waals surface area contributed by atoms with Gasteiger partial charge in [-0.3, -0.25) is 9.69 Å². The van der Waals surface area contributed by atoms with Gasteiger partial charge < -0.3 is 15.4 Å². The van der Waals surface area contributed by atoms with Crippen molar-refractivity contribution in [3.63, 3.8) is 0 Å². The Morgan fingerprint density at radius 3 is 2.68 bits per heavy atom. The topological polar surface area (TPSA) is 68.4 Å². The number of nitrogens with one attached hydrogen (secondary N) is 2. The molecule has 0 atom stereocenters. The van der Waals surface area contributed by atoms with E-state index in [9.17, 15) is 9.90 Å². The van der Waals surface area contributed by atoms with Crippen molar-refractivity contribution in [3.8, 4) is 17.0 Å². The molecule has 5 nitrogen and oxygen atoms in total. The molecule has 3 aromatic rings. The number of hydrogen-bond donors (Lipinski definition) is 3. The average Bonchev–Trinajstić information content (AvgIpc) is 3.27. The third-order valence-electron chi connectivity index (χ3n) is 5.77. The molecular weight excluding hydrogens is 374 g/mol. The Morgan fingerprint density at radius 2 is 1.86 bits per heavy atom. The Hall–Kier alpha value is -2.50. The minimum Gasteiger partial charge on any atom is -0.508 e. The molecule has 0 aliphatic carbocycles. The first-order valence-electron chi connectivity index (χ1n) is 9.66. The van der Waals surface area contributed by atoms with Gasteiger partial charge in [-0.1, -0.05) is 12.5 Å². The third-order valence-corrected chi connectivity index (χ3v) is 5.77. The number of amides is 1. The second kappa shape index (κ2) is 7.49. The SMILES string of the molecule is Cl.O=C1NCc2c(O)ccc(-c3cc4cc(CN5CCCCC5)ccc4[nH]3)c21. The summed E-state index contributed by atoms with van der Waals surface area (Å²) >= 11 is 0. The molecule has 5 rings (SSSR count). The lowest BCUT2D eigenvalue weighted by Crippen LogP contribution is -2.28. The summed E-state index contributed by atoms with van der Waals surface area (Å²) < 4.78 is 0. The third kappa shape index (κ3) is 3.25. The van der Waals surface area contributed by atoms with Gasteiger partial charge in [0.1, 0.15) is 5.75 Å². The number of phenolic OH excluding ortho intramolecular Hbond substituents is 1. The molecule has 1 saturated heterocycles. The molecule has 0 saturated carbocycles. The summed E-state index contributed by atoms with van der Waals surface area (Å²) in [6.45, 7) is 3.75. The lowest BCUT2D eigenvalue weighted by molar-refractivity contribution is 0.0966. The molecular formula is C22H24ClN3O2. The molecule has 3 N–H and O–H groups in total. The largest absolute Gasteiger partial charge is 0.508 e. The molecule has 6 heteroatoms. The van der Waals surface area contributed by atoms with E-state index in [4.69, 9.17) is 0 Å². The molecule has 0 bridgehead atoms. The number of fused-ring (bicyclic) bond motifs is 2. The number of carbonyl (C=O) groups excluding carboxylic acids is 1. The van der Waals surface area contributed by atoms with Crippen LogP contribution >= 0.6 is 12.4 Å². The van der Waals surface area contributed by atoms with Gasteiger partial charge in [0.05, 0.1) is 5.56 Å². The van der Waals surface area contributed by atoms with E-state index in [1.165, 1.54) is 37.9 Å². The quantitative estimate of drug-likeness (QED) is 0.620. The van der Waals surface area contributed by atoms with Crippen molar-refractivity contribution >= 4 is 29.2 Å². The number of piperidine rings is 1. The van der Waals surface area contributed by atoms with Crippen molar-refractivity contribution in [2.45, 2.75) is 32.4 Å². The molecule has 3 heterocycles. The van der Waals surface area contributed by atoms with E-state index in [0.29, 0.717) is 17.7 Å². The Kier molecular flexibility index (Phi) is 5.04. The van der Waals surface area contributed by atoms with Crippen LogP contribution in [0.1, 0.15) is 40.7 Å². The number of nitrogens with zero attached hydrogens (tertiary/aromatic N) is 1. The molecule has 0 spiro atoms. The van der Waals surface area contributed by atoms with Crippen LogP contribution in [0.5, 0.6) is 5.75 Å². The molecule has 0 unspecified atom stereocenters. The van der Waals surface area contributed by atoms with E-state index in [1.54, 1.807) is 6.07 Å². The van der Waals surface area contributed by atoms with Crippen LogP contribution in [0, 0.1) is 0 Å². The highest BCUT2D eigenvalue weighted by molar-refractivity contribution is 6.05. The van der Waals surface area contributed by atoms with Crippen LogP contribution in [0.15, 0.2) is 36.4 Å². The van der Waals surface area contributed by atoms with Crippen LogP contribution < -0.4 is 5.32 Å². The molecule has 0 radical (unpaired) electrons. The minimum absolute atomic E-state index is 0. The summed E-state index contributed by atoms with van der Waals surface area (Å²) in [4.78, 5) is 18.2. The van der Waals surface area contributed by atoms with Crippen LogP contribution in [-0.4, -0.2) is 34.0 Å². The highest BCUT2D eigenvalue weighted by Crippen LogP contribution is 2.35. The van der Waals surface area contributed by atoms with Gasteiger partial charge in [-0.05, 0) is 61.8 Å². The predicted molar refractivity (Wildman–Crippen MR) is 113 cm³/mol. The smallest absolute Gasteiger partial charge is 0.252 e. The maximum atomic E-state index is 12.3. The van der Waals surface area contributed by atoms with E-state index < -0.39 is 0 Å². The zero-order valence-electron chi connectivity index (χ0n) is 15.6. The molecule has 1 fully saturated rings. The number of H-pyrrole nitrogens is 1. The fraction of sp³-hybridized carbons (Fsp3) is 0.318. The summed E-state index contributed by atoms with van der Waals surface area (Å²) in [6.07, 6.45) is 3.94. The van der Waals surface area contributed by atoms with E-state index in [2.05, 4.69) is 39.5 Å². The Morgan fingerprint density at radius 1 is 1.04 bits per heavy atom. The minimum atomic E-state index is -0.125. The van der Waals surface area contributed by atoms with Crippen LogP contribution in [0.4, 0.5) is 0 Å². The Bertz CT molecular complexity index is 1040. The van der Waals surface area contributed by atoms with E-state index in [0.717, 1.165) is 28.7 Å². The highest BCUT2D eigenvalue weighted by Gasteiger charge is 2.26. The second-order valence-corrected chi connectivity index (χ2v) is 7.61. The molecule has 1 aromatic heterocycles. The van der Waals surface area contributed by atoms with Gasteiger partial charge in [0.15, 0.2) is 0 Å². The monoisotopic (exact) mass is 397 g/mol. The van der Waals surface area contributed by atoms with Crippen molar-refractivity contribution in [2.24, 2.45) is 0 Å². The fourth-order valence-corrected chi connectivity index (χ4v) is 4.36. The van der Waals surface area contributed by atoms with Gasteiger partial charge in [0, 0.05) is 40.8 Å². The first-order valence-corrected chi connectivity index (χ1v) is 9.66. The van der Waals surface area contributed by atoms with Crippen molar-refractivity contribution in [2.75, 3.05) is 13.1 Å². The van der Waals surface area contributed by atoms with E-state index in [1.807, 2.05) is 6.07 Å². The van der Waals surface area contributed by atoms with Crippen molar-refractivity contribution in [3.05, 3.63) is 53.1 Å². The number of likely N-dealkylation sites (tertiary alicyclic amines) is 1. The van der Waals surface area contributed by atoms with Gasteiger partial charge in [0.2, 0.25) is 0 Å². The summed E-state index contributed by atoms with van der Waals surface area (Å²) in [5.74, 6) is 0.0485. The number of carbonyl (C=O) groups is 1. The zero-order chi connectivity index (χ0) is 18.4. The normalized spacial score (nSPS) is 16.6. The number of halogens is 1. The summed E-state index contributed by atoms with van der Waals surface area (Å²) in [5, 5.41) is 14.0. The fourth-order valence-electron chi connectivity index (χ4n) is 4.36. The second-order valence-electron chi connectivity index (χ2n) is 7.61. The Labute approximate surface area is 170 Å². The predicted octanol–water partition coefficient (Wildman–Crippen LogP) is 4.19. The first-order chi connectivity index (χ1) is 13.2. The average molecular weight is 398 g/mol. The van der Waals surface area contributed by atoms with Gasteiger partial charge in [-0.15, -0.1) is 12.4 Å². The molecule has 2 aromatic carbocycles. The number of aromatic hydroxyl groups is 1. The molecule has 2 aliphatic heterocycles. The number of rotatable bonds is 3. The van der Waals surface area contributed by atoms with Gasteiger partial charge >= 0.3 is 0 Å². The van der Waals surface area contributed by atoms with Gasteiger partial charge in [-0.25, -0.2) is 0 Å². The van der Waals surface area contributed by atoms with Crippen LogP contribution in [0.2, 0.25) is 0 Å². The standard InChI is InChI=1S/C22H23N3O2.ClH/c26-20-7-5-16(21-17(20)12-23-22(21)27)19-11-15-10-14(4-6-18(15)24-19)13-25-8-2-1-3-9-25;/h4-7,10-11,24,26H,1-3,8-9,12-13H2,(H,23,27);1H. The van der Waals surface area contributed by atoms with E-state index >= 15 is 0 Å².